The number of nitrogens with zero attached hydrogens (tertiary/aromatic N) is 1. The molecular formula is C26H23N3O3. The first-order valence-electron chi connectivity index (χ1n) is 10.2. The molecule has 1 heterocycles. The number of pyridine rings is 1. The Labute approximate surface area is 186 Å². The molecule has 3 aromatic carbocycles. The predicted octanol–water partition coefficient (Wildman–Crippen LogP) is 5.35. The summed E-state index contributed by atoms with van der Waals surface area (Å²) in [6, 6.07) is 25.7. The van der Waals surface area contributed by atoms with E-state index in [1.54, 1.807) is 36.7 Å². The molecule has 0 spiro atoms. The first-order valence-corrected chi connectivity index (χ1v) is 10.2. The Bertz CT molecular complexity index is 1180. The third-order valence-electron chi connectivity index (χ3n) is 4.86. The molecule has 6 heteroatoms. The number of rotatable bonds is 7. The first kappa shape index (κ1) is 20.9. The van der Waals surface area contributed by atoms with Gasteiger partial charge in [-0.3, -0.25) is 4.98 Å². The number of ether oxygens (including phenoxy) is 1. The van der Waals surface area contributed by atoms with Crippen LogP contribution in [0.25, 0.3) is 11.1 Å². The summed E-state index contributed by atoms with van der Waals surface area (Å²) < 4.78 is 5.95. The van der Waals surface area contributed by atoms with Gasteiger partial charge < -0.3 is 20.5 Å². The molecule has 0 fully saturated rings. The number of phenolic OH excluding ortho intramolecular Hbond substituents is 1. The van der Waals surface area contributed by atoms with E-state index < -0.39 is 0 Å². The van der Waals surface area contributed by atoms with Gasteiger partial charge in [0.05, 0.1) is 0 Å². The Morgan fingerprint density at radius 2 is 1.78 bits per heavy atom. The SMILES string of the molecule is O=C(NCc1cccnc1)Nc1ccc(OCc2ccccc2-c2cccc(O)c2)cc1. The van der Waals surface area contributed by atoms with E-state index in [9.17, 15) is 9.90 Å². The lowest BCUT2D eigenvalue weighted by molar-refractivity contribution is 0.251. The lowest BCUT2D eigenvalue weighted by atomic mass is 10.00. The Balaban J connectivity index is 1.33. The Morgan fingerprint density at radius 1 is 0.938 bits per heavy atom. The van der Waals surface area contributed by atoms with Gasteiger partial charge in [0.2, 0.25) is 0 Å². The van der Waals surface area contributed by atoms with Crippen LogP contribution in [0.15, 0.2) is 97.3 Å². The zero-order valence-electron chi connectivity index (χ0n) is 17.4. The topological polar surface area (TPSA) is 83.5 Å². The van der Waals surface area contributed by atoms with Crippen LogP contribution in [0, 0.1) is 0 Å². The van der Waals surface area contributed by atoms with Crippen LogP contribution in [-0.2, 0) is 13.2 Å². The van der Waals surface area contributed by atoms with Crippen LogP contribution in [0.4, 0.5) is 10.5 Å². The van der Waals surface area contributed by atoms with Crippen molar-refractivity contribution in [3.05, 3.63) is 108 Å². The molecule has 0 saturated carbocycles. The average Bonchev–Trinajstić information content (AvgIpc) is 2.83. The van der Waals surface area contributed by atoms with Crippen LogP contribution in [0.3, 0.4) is 0 Å². The smallest absolute Gasteiger partial charge is 0.319 e. The van der Waals surface area contributed by atoms with Gasteiger partial charge in [-0.25, -0.2) is 4.79 Å². The summed E-state index contributed by atoms with van der Waals surface area (Å²) in [5, 5.41) is 15.4. The third-order valence-corrected chi connectivity index (χ3v) is 4.86. The van der Waals surface area contributed by atoms with E-state index >= 15 is 0 Å². The number of nitrogens with one attached hydrogen (secondary N) is 2. The van der Waals surface area contributed by atoms with E-state index in [2.05, 4.69) is 15.6 Å². The summed E-state index contributed by atoms with van der Waals surface area (Å²) in [4.78, 5) is 16.1. The van der Waals surface area contributed by atoms with Gasteiger partial charge in [0.25, 0.3) is 0 Å². The van der Waals surface area contributed by atoms with Crippen molar-refractivity contribution in [1.82, 2.24) is 10.3 Å². The number of hydrogen-bond donors (Lipinski definition) is 3. The Hall–Kier alpha value is -4.32. The van der Waals surface area contributed by atoms with Gasteiger partial charge in [-0.05, 0) is 64.7 Å². The van der Waals surface area contributed by atoms with E-state index in [0.29, 0.717) is 24.6 Å². The molecule has 0 atom stereocenters. The number of benzene rings is 3. The van der Waals surface area contributed by atoms with Crippen molar-refractivity contribution in [1.29, 1.82) is 0 Å². The number of anilines is 1. The maximum Gasteiger partial charge on any atom is 0.319 e. The highest BCUT2D eigenvalue weighted by atomic mass is 16.5. The standard InChI is InChI=1S/C26H23N3O3/c30-23-8-3-7-20(15-23)25-9-2-1-6-21(25)18-32-24-12-10-22(11-13-24)29-26(31)28-17-19-5-4-14-27-16-19/h1-16,30H,17-18H2,(H2,28,29,31). The van der Waals surface area contributed by atoms with Crippen LogP contribution >= 0.6 is 0 Å². The molecular weight excluding hydrogens is 402 g/mol. The van der Waals surface area contributed by atoms with Gasteiger partial charge in [0, 0.05) is 24.6 Å². The van der Waals surface area contributed by atoms with Gasteiger partial charge in [-0.1, -0.05) is 42.5 Å². The minimum atomic E-state index is -0.289. The highest BCUT2D eigenvalue weighted by Crippen LogP contribution is 2.27. The van der Waals surface area contributed by atoms with E-state index in [1.165, 1.54) is 0 Å². The predicted molar refractivity (Wildman–Crippen MR) is 124 cm³/mol. The molecule has 6 nitrogen and oxygen atoms in total. The summed E-state index contributed by atoms with van der Waals surface area (Å²) in [7, 11) is 0. The zero-order chi connectivity index (χ0) is 22.2. The summed E-state index contributed by atoms with van der Waals surface area (Å²) >= 11 is 0. The zero-order valence-corrected chi connectivity index (χ0v) is 17.4. The molecule has 0 aliphatic rings. The largest absolute Gasteiger partial charge is 0.508 e. The molecule has 0 radical (unpaired) electrons. The second-order valence-corrected chi connectivity index (χ2v) is 7.19. The number of phenols is 1. The fourth-order valence-corrected chi connectivity index (χ4v) is 3.26. The Morgan fingerprint density at radius 3 is 2.56 bits per heavy atom. The molecule has 0 aliphatic heterocycles. The minimum absolute atomic E-state index is 0.228. The van der Waals surface area contributed by atoms with Crippen molar-refractivity contribution in [3.8, 4) is 22.6 Å². The van der Waals surface area contributed by atoms with E-state index in [0.717, 1.165) is 22.3 Å². The quantitative estimate of drug-likeness (QED) is 0.372. The van der Waals surface area contributed by atoms with Crippen molar-refractivity contribution in [3.63, 3.8) is 0 Å². The number of amides is 2. The number of aromatic hydroxyl groups is 1. The lowest BCUT2D eigenvalue weighted by Gasteiger charge is -2.12. The van der Waals surface area contributed by atoms with Crippen LogP contribution in [0.2, 0.25) is 0 Å². The number of carbonyl (C=O) groups excluding carboxylic acids is 1. The number of urea groups is 1. The second-order valence-electron chi connectivity index (χ2n) is 7.19. The van der Waals surface area contributed by atoms with Gasteiger partial charge in [-0.15, -0.1) is 0 Å². The van der Waals surface area contributed by atoms with E-state index in [1.807, 2.05) is 60.7 Å². The molecule has 0 aliphatic carbocycles. The molecule has 0 bridgehead atoms. The third kappa shape index (κ3) is 5.64. The molecule has 160 valence electrons. The maximum absolute atomic E-state index is 12.1. The molecule has 0 unspecified atom stereocenters. The van der Waals surface area contributed by atoms with Crippen LogP contribution in [0.5, 0.6) is 11.5 Å². The van der Waals surface area contributed by atoms with Crippen molar-refractivity contribution < 1.29 is 14.6 Å². The van der Waals surface area contributed by atoms with Gasteiger partial charge in [0.15, 0.2) is 0 Å². The molecule has 4 rings (SSSR count). The van der Waals surface area contributed by atoms with Crippen LogP contribution in [-0.4, -0.2) is 16.1 Å². The summed E-state index contributed by atoms with van der Waals surface area (Å²) in [6.07, 6.45) is 3.41. The molecule has 4 aromatic rings. The summed E-state index contributed by atoms with van der Waals surface area (Å²) in [6.45, 7) is 0.781. The number of hydrogen-bond acceptors (Lipinski definition) is 4. The van der Waals surface area contributed by atoms with E-state index in [4.69, 9.17) is 4.74 Å². The van der Waals surface area contributed by atoms with Crippen molar-refractivity contribution >= 4 is 11.7 Å². The molecule has 0 saturated heterocycles. The van der Waals surface area contributed by atoms with Crippen LogP contribution < -0.4 is 15.4 Å². The van der Waals surface area contributed by atoms with Crippen molar-refractivity contribution in [2.45, 2.75) is 13.2 Å². The van der Waals surface area contributed by atoms with Crippen molar-refractivity contribution in [2.24, 2.45) is 0 Å². The first-order chi connectivity index (χ1) is 15.7. The fourth-order valence-electron chi connectivity index (χ4n) is 3.26. The average molecular weight is 425 g/mol. The fraction of sp³-hybridized carbons (Fsp3) is 0.0769. The molecule has 3 N–H and O–H groups in total. The normalized spacial score (nSPS) is 10.4. The van der Waals surface area contributed by atoms with Gasteiger partial charge >= 0.3 is 6.03 Å². The summed E-state index contributed by atoms with van der Waals surface area (Å²) in [5.41, 5.74) is 4.54. The van der Waals surface area contributed by atoms with Gasteiger partial charge in [-0.2, -0.15) is 0 Å². The molecule has 32 heavy (non-hydrogen) atoms. The van der Waals surface area contributed by atoms with Crippen LogP contribution in [0.1, 0.15) is 11.1 Å². The molecule has 1 aromatic heterocycles. The Kier molecular flexibility index (Phi) is 6.63. The highest BCUT2D eigenvalue weighted by molar-refractivity contribution is 5.89. The lowest BCUT2D eigenvalue weighted by Crippen LogP contribution is -2.28. The summed E-state index contributed by atoms with van der Waals surface area (Å²) in [5.74, 6) is 0.919. The molecule has 2 amide bonds. The van der Waals surface area contributed by atoms with Gasteiger partial charge in [0.1, 0.15) is 18.1 Å². The van der Waals surface area contributed by atoms with Crippen molar-refractivity contribution in [2.75, 3.05) is 5.32 Å². The number of carbonyl (C=O) groups is 1. The monoisotopic (exact) mass is 425 g/mol. The highest BCUT2D eigenvalue weighted by Gasteiger charge is 2.07. The number of aromatic nitrogens is 1. The van der Waals surface area contributed by atoms with E-state index in [-0.39, 0.29) is 11.8 Å². The minimum Gasteiger partial charge on any atom is -0.508 e. The second kappa shape index (κ2) is 10.1. The maximum atomic E-state index is 12.1.